The first-order valence-electron chi connectivity index (χ1n) is 15.7. The van der Waals surface area contributed by atoms with Gasteiger partial charge >= 0.3 is 17.9 Å². The average molecular weight is 684 g/mol. The molecule has 1 atom stereocenters. The number of nitrogens with zero attached hydrogens (tertiary/aromatic N) is 2. The van der Waals surface area contributed by atoms with Gasteiger partial charge in [0.15, 0.2) is 5.82 Å². The minimum Gasteiger partial charge on any atom is -0.444 e. The number of para-hydroxylation sites is 1. The number of nitrogens with one attached hydrogen (secondary N) is 2. The number of alkyl carbamates (subject to hydrolysis) is 2. The summed E-state index contributed by atoms with van der Waals surface area (Å²) >= 11 is 0. The molecule has 1 aliphatic heterocycles. The molecular weight excluding hydrogens is 631 g/mol. The third-order valence-corrected chi connectivity index (χ3v) is 6.93. The van der Waals surface area contributed by atoms with Gasteiger partial charge in [-0.1, -0.05) is 38.8 Å². The maximum atomic E-state index is 14.0. The number of benzene rings is 2. The first-order valence-corrected chi connectivity index (χ1v) is 15.7. The second-order valence-electron chi connectivity index (χ2n) is 13.4. The SMILES string of the molecule is C.CC(C)(C)OC(=O)NC1CCCCC1.CC(C)(C)OC(=O)N[C@@H]1CCCN(c2c(N)cccc2F)C1.O=[N+]([O-])c1cccc(F)c1F. The molecule has 1 aliphatic carbocycles. The smallest absolute Gasteiger partial charge is 0.407 e. The van der Waals surface area contributed by atoms with E-state index in [2.05, 4.69) is 10.6 Å². The number of nitro groups is 1. The molecule has 14 heteroatoms. The molecule has 2 amide bonds. The normalized spacial score (nSPS) is 16.4. The van der Waals surface area contributed by atoms with E-state index in [1.807, 2.05) is 46.4 Å². The number of hydrogen-bond donors (Lipinski definition) is 3. The van der Waals surface area contributed by atoms with Gasteiger partial charge in [0, 0.05) is 31.2 Å². The van der Waals surface area contributed by atoms with Crippen LogP contribution in [0, 0.1) is 27.6 Å². The van der Waals surface area contributed by atoms with E-state index in [9.17, 15) is 32.9 Å². The van der Waals surface area contributed by atoms with Crippen LogP contribution in [0.15, 0.2) is 36.4 Å². The molecule has 2 aromatic carbocycles. The zero-order chi connectivity index (χ0) is 35.4. The van der Waals surface area contributed by atoms with Crippen LogP contribution in [0.3, 0.4) is 0 Å². The zero-order valence-corrected chi connectivity index (χ0v) is 28.0. The Balaban J connectivity index is 0.000000382. The molecule has 4 N–H and O–H groups in total. The lowest BCUT2D eigenvalue weighted by Crippen LogP contribution is -2.49. The van der Waals surface area contributed by atoms with E-state index >= 15 is 0 Å². The maximum absolute atomic E-state index is 14.0. The number of anilines is 2. The summed E-state index contributed by atoms with van der Waals surface area (Å²) in [5.74, 6) is -2.96. The number of nitro benzene ring substituents is 1. The van der Waals surface area contributed by atoms with Crippen LogP contribution in [-0.4, -0.2) is 53.5 Å². The second kappa shape index (κ2) is 18.9. The Morgan fingerprint density at radius 2 is 1.33 bits per heavy atom. The van der Waals surface area contributed by atoms with Crippen LogP contribution in [0.5, 0.6) is 0 Å². The number of ether oxygens (including phenoxy) is 2. The Morgan fingerprint density at radius 3 is 1.83 bits per heavy atom. The molecule has 2 aromatic rings. The lowest BCUT2D eigenvalue weighted by atomic mass is 9.96. The maximum Gasteiger partial charge on any atom is 0.407 e. The highest BCUT2D eigenvalue weighted by Crippen LogP contribution is 2.29. The summed E-state index contributed by atoms with van der Waals surface area (Å²) in [6, 6.07) is 7.73. The van der Waals surface area contributed by atoms with Crippen LogP contribution in [-0.2, 0) is 9.47 Å². The van der Waals surface area contributed by atoms with Crippen molar-refractivity contribution in [3.8, 4) is 0 Å². The summed E-state index contributed by atoms with van der Waals surface area (Å²) in [6.45, 7) is 12.3. The van der Waals surface area contributed by atoms with Crippen molar-refractivity contribution in [1.29, 1.82) is 0 Å². The van der Waals surface area contributed by atoms with Crippen LogP contribution in [0.2, 0.25) is 0 Å². The van der Waals surface area contributed by atoms with Gasteiger partial charge in [-0.25, -0.2) is 18.4 Å². The molecule has 4 rings (SSSR count). The fourth-order valence-electron chi connectivity index (χ4n) is 4.99. The summed E-state index contributed by atoms with van der Waals surface area (Å²) in [7, 11) is 0. The predicted molar refractivity (Wildman–Crippen MR) is 181 cm³/mol. The van der Waals surface area contributed by atoms with Crippen LogP contribution < -0.4 is 21.3 Å². The van der Waals surface area contributed by atoms with Crippen LogP contribution in [0.1, 0.15) is 93.9 Å². The molecule has 1 saturated carbocycles. The number of nitrogens with two attached hydrogens (primary N) is 1. The fraction of sp³-hybridized carbons (Fsp3) is 0.588. The van der Waals surface area contributed by atoms with Gasteiger partial charge in [-0.15, -0.1) is 0 Å². The predicted octanol–water partition coefficient (Wildman–Crippen LogP) is 8.25. The van der Waals surface area contributed by atoms with Crippen LogP contribution >= 0.6 is 0 Å². The molecule has 1 heterocycles. The number of hydrogen-bond acceptors (Lipinski definition) is 8. The van der Waals surface area contributed by atoms with Gasteiger partial charge in [-0.05, 0) is 85.4 Å². The van der Waals surface area contributed by atoms with Crippen molar-refractivity contribution < 1.29 is 37.2 Å². The fourth-order valence-corrected chi connectivity index (χ4v) is 4.99. The molecule has 0 radical (unpaired) electrons. The molecule has 11 nitrogen and oxygen atoms in total. The van der Waals surface area contributed by atoms with Gasteiger partial charge in [0.2, 0.25) is 5.82 Å². The highest BCUT2D eigenvalue weighted by atomic mass is 19.2. The van der Waals surface area contributed by atoms with Crippen molar-refractivity contribution in [2.24, 2.45) is 0 Å². The number of carbonyl (C=O) groups excluding carboxylic acids is 2. The van der Waals surface area contributed by atoms with Crippen molar-refractivity contribution in [2.75, 3.05) is 23.7 Å². The minimum atomic E-state index is -1.42. The highest BCUT2D eigenvalue weighted by Gasteiger charge is 2.26. The minimum absolute atomic E-state index is 0. The third-order valence-electron chi connectivity index (χ3n) is 6.93. The molecule has 0 bridgehead atoms. The first-order chi connectivity index (χ1) is 21.9. The van der Waals surface area contributed by atoms with E-state index < -0.39 is 39.5 Å². The number of nitrogen functional groups attached to an aromatic ring is 1. The van der Waals surface area contributed by atoms with Crippen LogP contribution in [0.4, 0.5) is 39.8 Å². The van der Waals surface area contributed by atoms with E-state index in [-0.39, 0.29) is 25.4 Å². The highest BCUT2D eigenvalue weighted by molar-refractivity contribution is 5.70. The van der Waals surface area contributed by atoms with E-state index in [0.29, 0.717) is 24.0 Å². The van der Waals surface area contributed by atoms with Gasteiger partial charge in [0.25, 0.3) is 0 Å². The van der Waals surface area contributed by atoms with Crippen molar-refractivity contribution in [3.05, 3.63) is 64.0 Å². The monoisotopic (exact) mass is 683 g/mol. The summed E-state index contributed by atoms with van der Waals surface area (Å²) < 4.78 is 49.2. The van der Waals surface area contributed by atoms with Gasteiger partial charge < -0.3 is 30.7 Å². The molecular formula is C34H52F3N5O6. The number of amides is 2. The lowest BCUT2D eigenvalue weighted by molar-refractivity contribution is -0.387. The van der Waals surface area contributed by atoms with Gasteiger partial charge in [0.1, 0.15) is 17.0 Å². The largest absolute Gasteiger partial charge is 0.444 e. The first kappa shape index (κ1) is 41.8. The molecule has 0 unspecified atom stereocenters. The average Bonchev–Trinajstić information content (AvgIpc) is 2.94. The van der Waals surface area contributed by atoms with Crippen molar-refractivity contribution in [2.45, 2.75) is 117 Å². The number of piperidine rings is 1. The summed E-state index contributed by atoms with van der Waals surface area (Å²) in [6.07, 6.45) is 6.91. The van der Waals surface area contributed by atoms with E-state index in [1.165, 1.54) is 25.3 Å². The lowest BCUT2D eigenvalue weighted by Gasteiger charge is -2.35. The molecule has 2 aliphatic rings. The molecule has 48 heavy (non-hydrogen) atoms. The topological polar surface area (TPSA) is 149 Å². The Kier molecular flexibility index (Phi) is 16.5. The van der Waals surface area contributed by atoms with E-state index in [1.54, 1.807) is 12.1 Å². The van der Waals surface area contributed by atoms with Crippen LogP contribution in [0.25, 0.3) is 0 Å². The van der Waals surface area contributed by atoms with E-state index in [4.69, 9.17) is 15.2 Å². The number of carbonyl (C=O) groups is 2. The van der Waals surface area contributed by atoms with Crippen molar-refractivity contribution in [3.63, 3.8) is 0 Å². The zero-order valence-electron chi connectivity index (χ0n) is 28.0. The Morgan fingerprint density at radius 1 is 0.833 bits per heavy atom. The van der Waals surface area contributed by atoms with Gasteiger partial charge in [0.05, 0.1) is 16.3 Å². The number of halogens is 3. The van der Waals surface area contributed by atoms with Crippen molar-refractivity contribution >= 4 is 29.2 Å². The molecule has 0 aromatic heterocycles. The quantitative estimate of drug-likeness (QED) is 0.166. The summed E-state index contributed by atoms with van der Waals surface area (Å²) in [4.78, 5) is 34.1. The summed E-state index contributed by atoms with van der Waals surface area (Å²) in [5, 5.41) is 15.7. The standard InChI is InChI=1S/C16H24FN3O2.C11H21NO2.C6H3F2NO2.CH4/c1-16(2,3)22-15(21)19-11-6-5-9-20(10-11)14-12(17)7-4-8-13(14)18;1-11(2,3)14-10(13)12-9-7-5-4-6-8-9;7-4-2-1-3-5(6(4)8)9(10)11;/h4,7-8,11H,5-6,9-10,18H2,1-3H3,(H,19,21);9H,4-8H2,1-3H3,(H,12,13);1-3H;1H4/t11-;;;/m1.../s1. The second-order valence-corrected chi connectivity index (χ2v) is 13.4. The molecule has 1 saturated heterocycles. The van der Waals surface area contributed by atoms with E-state index in [0.717, 1.165) is 50.4 Å². The van der Waals surface area contributed by atoms with Gasteiger partial charge in [-0.2, -0.15) is 4.39 Å². The third kappa shape index (κ3) is 15.1. The molecule has 0 spiro atoms. The Labute approximate surface area is 281 Å². The number of rotatable bonds is 4. The Bertz CT molecular complexity index is 1320. The molecule has 270 valence electrons. The van der Waals surface area contributed by atoms with Gasteiger partial charge in [-0.3, -0.25) is 10.1 Å². The van der Waals surface area contributed by atoms with Crippen molar-refractivity contribution in [1.82, 2.24) is 10.6 Å². The molecule has 2 fully saturated rings. The Hall–Kier alpha value is -4.23. The summed E-state index contributed by atoms with van der Waals surface area (Å²) in [5.41, 5.74) is 4.95.